The zero-order valence-electron chi connectivity index (χ0n) is 15.8. The number of benzene rings is 2. The second-order valence-electron chi connectivity index (χ2n) is 6.27. The van der Waals surface area contributed by atoms with Crippen LogP contribution in [0.15, 0.2) is 60.3 Å². The minimum atomic E-state index is -0.439. The maximum Gasteiger partial charge on any atom is 0.311 e. The van der Waals surface area contributed by atoms with E-state index in [1.807, 2.05) is 0 Å². The Kier molecular flexibility index (Phi) is 6.51. The number of nitrogens with zero attached hydrogens (tertiary/aromatic N) is 1. The summed E-state index contributed by atoms with van der Waals surface area (Å²) in [6.07, 6.45) is 1.24. The van der Waals surface area contributed by atoms with Crippen molar-refractivity contribution < 1.29 is 19.1 Å². The van der Waals surface area contributed by atoms with Gasteiger partial charge in [-0.2, -0.15) is 0 Å². The number of fused-ring (bicyclic) bond motifs is 1. The predicted molar refractivity (Wildman–Crippen MR) is 112 cm³/mol. The van der Waals surface area contributed by atoms with E-state index in [-0.39, 0.29) is 25.5 Å². The molecular weight excluding hydrogens is 394 g/mol. The van der Waals surface area contributed by atoms with Gasteiger partial charge in [-0.15, -0.1) is 0 Å². The Morgan fingerprint density at radius 1 is 1.14 bits per heavy atom. The molecule has 7 nitrogen and oxygen atoms in total. The van der Waals surface area contributed by atoms with Gasteiger partial charge in [-0.3, -0.25) is 19.3 Å². The van der Waals surface area contributed by atoms with Crippen LogP contribution in [-0.2, 0) is 19.1 Å². The van der Waals surface area contributed by atoms with Crippen molar-refractivity contribution in [1.29, 1.82) is 0 Å². The van der Waals surface area contributed by atoms with Gasteiger partial charge in [-0.05, 0) is 43.3 Å². The molecule has 1 aliphatic heterocycles. The summed E-state index contributed by atoms with van der Waals surface area (Å²) in [4.78, 5) is 38.5. The van der Waals surface area contributed by atoms with Crippen molar-refractivity contribution in [2.75, 3.05) is 28.7 Å². The summed E-state index contributed by atoms with van der Waals surface area (Å²) in [7, 11) is 0. The van der Waals surface area contributed by atoms with Crippen molar-refractivity contribution in [2.45, 2.75) is 13.3 Å². The number of para-hydroxylation sites is 2. The summed E-state index contributed by atoms with van der Waals surface area (Å²) in [6, 6.07) is 13.8. The van der Waals surface area contributed by atoms with Gasteiger partial charge in [0, 0.05) is 22.5 Å². The number of ether oxygens (including phenoxy) is 1. The van der Waals surface area contributed by atoms with E-state index in [2.05, 4.69) is 10.6 Å². The zero-order valence-corrected chi connectivity index (χ0v) is 16.5. The van der Waals surface area contributed by atoms with Crippen LogP contribution >= 0.6 is 11.6 Å². The van der Waals surface area contributed by atoms with E-state index in [1.165, 1.54) is 11.0 Å². The first-order valence-corrected chi connectivity index (χ1v) is 9.43. The van der Waals surface area contributed by atoms with Crippen molar-refractivity contribution >= 4 is 46.4 Å². The number of amides is 2. The first-order chi connectivity index (χ1) is 14.0. The van der Waals surface area contributed by atoms with Crippen LogP contribution in [-0.4, -0.2) is 30.9 Å². The number of hydrogen-bond acceptors (Lipinski definition) is 5. The van der Waals surface area contributed by atoms with Crippen LogP contribution in [0.4, 0.5) is 17.1 Å². The predicted octanol–water partition coefficient (Wildman–Crippen LogP) is 3.57. The molecule has 2 N–H and O–H groups in total. The minimum absolute atomic E-state index is 0.0707. The second kappa shape index (κ2) is 9.25. The molecule has 150 valence electrons. The molecular formula is C21H20ClN3O4. The molecule has 29 heavy (non-hydrogen) atoms. The normalized spacial score (nSPS) is 13.0. The SMILES string of the molecule is CCOC(=O)CC1=CC(=O)N(CC(=O)Nc2ccc(Cl)cc2)c2ccccc2N1. The molecule has 0 aliphatic carbocycles. The molecule has 2 aromatic rings. The molecule has 0 fully saturated rings. The summed E-state index contributed by atoms with van der Waals surface area (Å²) in [6.45, 7) is 1.78. The quantitative estimate of drug-likeness (QED) is 0.707. The number of esters is 1. The number of carbonyl (C=O) groups is 3. The van der Waals surface area contributed by atoms with Gasteiger partial charge in [0.15, 0.2) is 0 Å². The molecule has 3 rings (SSSR count). The number of anilines is 3. The van der Waals surface area contributed by atoms with E-state index in [9.17, 15) is 14.4 Å². The van der Waals surface area contributed by atoms with Crippen LogP contribution in [0.1, 0.15) is 13.3 Å². The van der Waals surface area contributed by atoms with Crippen LogP contribution in [0.5, 0.6) is 0 Å². The van der Waals surface area contributed by atoms with Crippen molar-refractivity contribution in [1.82, 2.24) is 0 Å². The maximum atomic E-state index is 12.8. The lowest BCUT2D eigenvalue weighted by molar-refractivity contribution is -0.142. The summed E-state index contributed by atoms with van der Waals surface area (Å²) in [5.41, 5.74) is 2.14. The van der Waals surface area contributed by atoms with E-state index in [0.717, 1.165) is 0 Å². The Balaban J connectivity index is 1.80. The Morgan fingerprint density at radius 2 is 1.86 bits per heavy atom. The van der Waals surface area contributed by atoms with Crippen LogP contribution in [0.25, 0.3) is 0 Å². The van der Waals surface area contributed by atoms with Crippen molar-refractivity contribution in [2.24, 2.45) is 0 Å². The van der Waals surface area contributed by atoms with Crippen molar-refractivity contribution in [3.8, 4) is 0 Å². The molecule has 0 saturated carbocycles. The van der Waals surface area contributed by atoms with Gasteiger partial charge in [0.05, 0.1) is 24.4 Å². The third-order valence-corrected chi connectivity index (χ3v) is 4.38. The van der Waals surface area contributed by atoms with E-state index < -0.39 is 11.9 Å². The fourth-order valence-corrected chi connectivity index (χ4v) is 3.00. The molecule has 1 aliphatic rings. The number of rotatable bonds is 6. The molecule has 0 radical (unpaired) electrons. The van der Waals surface area contributed by atoms with Crippen LogP contribution in [0.3, 0.4) is 0 Å². The van der Waals surface area contributed by atoms with Gasteiger partial charge in [0.25, 0.3) is 5.91 Å². The lowest BCUT2D eigenvalue weighted by Crippen LogP contribution is -2.37. The lowest BCUT2D eigenvalue weighted by atomic mass is 10.2. The number of nitrogens with one attached hydrogen (secondary N) is 2. The van der Waals surface area contributed by atoms with Gasteiger partial charge in [-0.1, -0.05) is 23.7 Å². The minimum Gasteiger partial charge on any atom is -0.466 e. The molecule has 1 heterocycles. The van der Waals surface area contributed by atoms with Gasteiger partial charge in [0.1, 0.15) is 6.54 Å². The first-order valence-electron chi connectivity index (χ1n) is 9.05. The fourth-order valence-electron chi connectivity index (χ4n) is 2.87. The number of halogens is 1. The Morgan fingerprint density at radius 3 is 2.59 bits per heavy atom. The number of hydrogen-bond donors (Lipinski definition) is 2. The van der Waals surface area contributed by atoms with E-state index in [0.29, 0.717) is 27.8 Å². The molecule has 0 atom stereocenters. The van der Waals surface area contributed by atoms with Gasteiger partial charge < -0.3 is 15.4 Å². The standard InChI is InChI=1S/C21H20ClN3O4/c1-2-29-21(28)12-16-11-20(27)25(18-6-4-3-5-17(18)23-16)13-19(26)24-15-9-7-14(22)8-10-15/h3-11,23H,2,12-13H2,1H3,(H,24,26). The Labute approximate surface area is 173 Å². The highest BCUT2D eigenvalue weighted by atomic mass is 35.5. The molecule has 8 heteroatoms. The highest BCUT2D eigenvalue weighted by molar-refractivity contribution is 6.30. The summed E-state index contributed by atoms with van der Waals surface area (Å²) >= 11 is 5.85. The topological polar surface area (TPSA) is 87.7 Å². The molecule has 0 aromatic heterocycles. The van der Waals surface area contributed by atoms with Gasteiger partial charge >= 0.3 is 5.97 Å². The van der Waals surface area contributed by atoms with Crippen LogP contribution < -0.4 is 15.5 Å². The van der Waals surface area contributed by atoms with E-state index >= 15 is 0 Å². The molecule has 2 amide bonds. The average molecular weight is 414 g/mol. The van der Waals surface area contributed by atoms with E-state index in [4.69, 9.17) is 16.3 Å². The largest absolute Gasteiger partial charge is 0.466 e. The highest BCUT2D eigenvalue weighted by Gasteiger charge is 2.25. The van der Waals surface area contributed by atoms with Crippen LogP contribution in [0, 0.1) is 0 Å². The lowest BCUT2D eigenvalue weighted by Gasteiger charge is -2.21. The van der Waals surface area contributed by atoms with Gasteiger partial charge in [-0.25, -0.2) is 0 Å². The Hall–Kier alpha value is -3.32. The van der Waals surface area contributed by atoms with E-state index in [1.54, 1.807) is 55.5 Å². The third kappa shape index (κ3) is 5.36. The van der Waals surface area contributed by atoms with Crippen molar-refractivity contribution in [3.63, 3.8) is 0 Å². The molecule has 0 spiro atoms. The van der Waals surface area contributed by atoms with Gasteiger partial charge in [0.2, 0.25) is 5.91 Å². The van der Waals surface area contributed by atoms with Crippen LogP contribution in [0.2, 0.25) is 5.02 Å². The summed E-state index contributed by atoms with van der Waals surface area (Å²) < 4.78 is 4.96. The van der Waals surface area contributed by atoms with Crippen molar-refractivity contribution in [3.05, 3.63) is 65.3 Å². The maximum absolute atomic E-state index is 12.8. The molecule has 0 unspecified atom stereocenters. The third-order valence-electron chi connectivity index (χ3n) is 4.12. The second-order valence-corrected chi connectivity index (χ2v) is 6.71. The Bertz CT molecular complexity index is 957. The summed E-state index contributed by atoms with van der Waals surface area (Å²) in [5, 5.41) is 6.39. The monoisotopic (exact) mass is 413 g/mol. The number of carbonyl (C=O) groups excluding carboxylic acids is 3. The average Bonchev–Trinajstić information content (AvgIpc) is 2.80. The smallest absolute Gasteiger partial charge is 0.311 e. The summed E-state index contributed by atoms with van der Waals surface area (Å²) in [5.74, 6) is -1.21. The molecule has 0 bridgehead atoms. The highest BCUT2D eigenvalue weighted by Crippen LogP contribution is 2.30. The molecule has 0 saturated heterocycles. The first kappa shape index (κ1) is 20.4. The fraction of sp³-hybridized carbons (Fsp3) is 0.190. The molecule has 2 aromatic carbocycles. The zero-order chi connectivity index (χ0) is 20.8.